The Morgan fingerprint density at radius 2 is 2.39 bits per heavy atom. The van der Waals surface area contributed by atoms with E-state index in [0.717, 1.165) is 5.69 Å². The van der Waals surface area contributed by atoms with Gasteiger partial charge in [-0.3, -0.25) is 0 Å². The molecular formula is C10H10N6O2. The first-order valence-electron chi connectivity index (χ1n) is 5.33. The largest absolute Gasteiger partial charge is 0.364 e. The SMILES string of the molecule is Cc1cc(CNc2ccc3n[nH]c(=O)n3n2)on1. The van der Waals surface area contributed by atoms with Crippen LogP contribution in [0.3, 0.4) is 0 Å². The van der Waals surface area contributed by atoms with Crippen molar-refractivity contribution in [3.63, 3.8) is 0 Å². The smallest absolute Gasteiger partial charge is 0.361 e. The summed E-state index contributed by atoms with van der Waals surface area (Å²) in [5.74, 6) is 1.26. The fraction of sp³-hybridized carbons (Fsp3) is 0.200. The normalized spacial score (nSPS) is 10.9. The lowest BCUT2D eigenvalue weighted by molar-refractivity contribution is 0.384. The van der Waals surface area contributed by atoms with Gasteiger partial charge in [0.15, 0.2) is 11.4 Å². The number of anilines is 1. The van der Waals surface area contributed by atoms with Crippen molar-refractivity contribution in [3.8, 4) is 0 Å². The summed E-state index contributed by atoms with van der Waals surface area (Å²) in [5.41, 5.74) is 0.923. The van der Waals surface area contributed by atoms with E-state index in [1.807, 2.05) is 13.0 Å². The maximum Gasteiger partial charge on any atom is 0.364 e. The average molecular weight is 246 g/mol. The number of H-pyrrole nitrogens is 1. The van der Waals surface area contributed by atoms with Crippen LogP contribution in [-0.4, -0.2) is 25.0 Å². The summed E-state index contributed by atoms with van der Waals surface area (Å²) in [6.07, 6.45) is 0. The molecule has 0 aromatic carbocycles. The van der Waals surface area contributed by atoms with E-state index in [1.165, 1.54) is 4.52 Å². The van der Waals surface area contributed by atoms with E-state index >= 15 is 0 Å². The van der Waals surface area contributed by atoms with Crippen molar-refractivity contribution >= 4 is 11.5 Å². The number of nitrogens with zero attached hydrogens (tertiary/aromatic N) is 4. The maximum absolute atomic E-state index is 11.3. The van der Waals surface area contributed by atoms with E-state index in [1.54, 1.807) is 12.1 Å². The molecule has 0 saturated heterocycles. The van der Waals surface area contributed by atoms with Gasteiger partial charge < -0.3 is 9.84 Å². The molecule has 0 aliphatic carbocycles. The van der Waals surface area contributed by atoms with Crippen LogP contribution in [0.1, 0.15) is 11.5 Å². The molecule has 0 unspecified atom stereocenters. The highest BCUT2D eigenvalue weighted by atomic mass is 16.5. The van der Waals surface area contributed by atoms with Gasteiger partial charge in [0.25, 0.3) is 0 Å². The molecule has 18 heavy (non-hydrogen) atoms. The minimum absolute atomic E-state index is 0.371. The van der Waals surface area contributed by atoms with Crippen molar-refractivity contribution in [3.05, 3.63) is 40.1 Å². The number of fused-ring (bicyclic) bond motifs is 1. The van der Waals surface area contributed by atoms with Crippen LogP contribution >= 0.6 is 0 Å². The molecule has 0 fully saturated rings. The molecule has 3 rings (SSSR count). The summed E-state index contributed by atoms with van der Waals surface area (Å²) in [5, 5.41) is 17.0. The molecule has 3 heterocycles. The molecule has 3 aromatic heterocycles. The Bertz CT molecular complexity index is 740. The quantitative estimate of drug-likeness (QED) is 0.690. The Kier molecular flexibility index (Phi) is 2.33. The molecule has 0 amide bonds. The van der Waals surface area contributed by atoms with E-state index in [-0.39, 0.29) is 5.69 Å². The van der Waals surface area contributed by atoms with Gasteiger partial charge in [-0.25, -0.2) is 9.89 Å². The molecule has 3 aromatic rings. The zero-order valence-electron chi connectivity index (χ0n) is 9.54. The van der Waals surface area contributed by atoms with Crippen molar-refractivity contribution in [2.24, 2.45) is 0 Å². The van der Waals surface area contributed by atoms with Crippen LogP contribution in [0.15, 0.2) is 27.5 Å². The van der Waals surface area contributed by atoms with Gasteiger partial charge in [-0.2, -0.15) is 9.61 Å². The van der Waals surface area contributed by atoms with Crippen molar-refractivity contribution in [2.75, 3.05) is 5.32 Å². The summed E-state index contributed by atoms with van der Waals surface area (Å²) < 4.78 is 6.24. The molecule has 0 spiro atoms. The fourth-order valence-electron chi connectivity index (χ4n) is 1.57. The molecule has 2 N–H and O–H groups in total. The van der Waals surface area contributed by atoms with Gasteiger partial charge in [0.2, 0.25) is 0 Å². The van der Waals surface area contributed by atoms with Crippen LogP contribution in [0.5, 0.6) is 0 Å². The average Bonchev–Trinajstić information content (AvgIpc) is 2.94. The van der Waals surface area contributed by atoms with E-state index in [4.69, 9.17) is 4.52 Å². The Morgan fingerprint density at radius 3 is 3.17 bits per heavy atom. The van der Waals surface area contributed by atoms with Gasteiger partial charge in [-0.1, -0.05) is 5.16 Å². The number of aromatic amines is 1. The number of rotatable bonds is 3. The van der Waals surface area contributed by atoms with Gasteiger partial charge in [0.05, 0.1) is 12.2 Å². The van der Waals surface area contributed by atoms with Crippen LogP contribution in [0, 0.1) is 6.92 Å². The molecule has 0 radical (unpaired) electrons. The van der Waals surface area contributed by atoms with Crippen molar-refractivity contribution in [1.82, 2.24) is 25.0 Å². The number of aryl methyl sites for hydroxylation is 1. The van der Waals surface area contributed by atoms with Crippen LogP contribution in [0.4, 0.5) is 5.82 Å². The molecule has 92 valence electrons. The molecule has 0 saturated carbocycles. The highest BCUT2D eigenvalue weighted by Gasteiger charge is 2.04. The highest BCUT2D eigenvalue weighted by molar-refractivity contribution is 5.43. The molecule has 8 nitrogen and oxygen atoms in total. The first-order chi connectivity index (χ1) is 8.72. The lowest BCUT2D eigenvalue weighted by Crippen LogP contribution is -2.13. The molecule has 0 aliphatic rings. The second kappa shape index (κ2) is 3.99. The molecule has 8 heteroatoms. The van der Waals surface area contributed by atoms with Crippen molar-refractivity contribution in [2.45, 2.75) is 13.5 Å². The topological polar surface area (TPSA) is 101 Å². The molecule has 0 atom stereocenters. The predicted octanol–water partition coefficient (Wildman–Crippen LogP) is 0.326. The Labute approximate surface area is 101 Å². The van der Waals surface area contributed by atoms with Crippen molar-refractivity contribution in [1.29, 1.82) is 0 Å². The molecule has 0 bridgehead atoms. The van der Waals surface area contributed by atoms with Crippen molar-refractivity contribution < 1.29 is 4.52 Å². The minimum Gasteiger partial charge on any atom is -0.361 e. The third-order valence-electron chi connectivity index (χ3n) is 2.39. The standard InChI is InChI=1S/C10H10N6O2/c1-6-4-7(18-15-6)5-11-8-2-3-9-12-13-10(17)16(9)14-8/h2-4H,5H2,1H3,(H,11,14)(H,13,17). The summed E-state index contributed by atoms with van der Waals surface area (Å²) in [6.45, 7) is 2.30. The summed E-state index contributed by atoms with van der Waals surface area (Å²) in [7, 11) is 0. The monoisotopic (exact) mass is 246 g/mol. The van der Waals surface area contributed by atoms with Crippen LogP contribution in [-0.2, 0) is 6.54 Å². The predicted molar refractivity (Wildman–Crippen MR) is 62.2 cm³/mol. The van der Waals surface area contributed by atoms with Gasteiger partial charge >= 0.3 is 5.69 Å². The van der Waals surface area contributed by atoms with Crippen LogP contribution in [0.2, 0.25) is 0 Å². The zero-order chi connectivity index (χ0) is 12.5. The number of aromatic nitrogens is 5. The number of hydrogen-bond acceptors (Lipinski definition) is 6. The molecular weight excluding hydrogens is 236 g/mol. The first kappa shape index (κ1) is 10.5. The fourth-order valence-corrected chi connectivity index (χ4v) is 1.57. The van der Waals surface area contributed by atoms with Gasteiger partial charge in [0.1, 0.15) is 5.82 Å². The second-order valence-electron chi connectivity index (χ2n) is 3.81. The Balaban J connectivity index is 1.82. The van der Waals surface area contributed by atoms with Gasteiger partial charge in [-0.15, -0.1) is 5.10 Å². The van der Waals surface area contributed by atoms with E-state index < -0.39 is 0 Å². The van der Waals surface area contributed by atoms with Crippen LogP contribution < -0.4 is 11.0 Å². The van der Waals surface area contributed by atoms with E-state index in [0.29, 0.717) is 23.8 Å². The zero-order valence-corrected chi connectivity index (χ0v) is 9.54. The third kappa shape index (κ3) is 1.83. The lowest BCUT2D eigenvalue weighted by Gasteiger charge is -2.01. The lowest BCUT2D eigenvalue weighted by atomic mass is 10.4. The maximum atomic E-state index is 11.3. The number of nitrogens with one attached hydrogen (secondary N) is 2. The van der Waals surface area contributed by atoms with E-state index in [9.17, 15) is 4.79 Å². The minimum atomic E-state index is -0.371. The van der Waals surface area contributed by atoms with Gasteiger partial charge in [0, 0.05) is 6.07 Å². The third-order valence-corrected chi connectivity index (χ3v) is 2.39. The second-order valence-corrected chi connectivity index (χ2v) is 3.81. The number of hydrogen-bond donors (Lipinski definition) is 2. The Hall–Kier alpha value is -2.64. The summed E-state index contributed by atoms with van der Waals surface area (Å²) >= 11 is 0. The van der Waals surface area contributed by atoms with Crippen LogP contribution in [0.25, 0.3) is 5.65 Å². The van der Waals surface area contributed by atoms with E-state index in [2.05, 4.69) is 25.8 Å². The van der Waals surface area contributed by atoms with Gasteiger partial charge in [-0.05, 0) is 19.1 Å². The summed E-state index contributed by atoms with van der Waals surface area (Å²) in [6, 6.07) is 5.26. The molecule has 0 aliphatic heterocycles. The highest BCUT2D eigenvalue weighted by Crippen LogP contribution is 2.07. The summed E-state index contributed by atoms with van der Waals surface area (Å²) in [4.78, 5) is 11.3. The first-order valence-corrected chi connectivity index (χ1v) is 5.33. The Morgan fingerprint density at radius 1 is 1.50 bits per heavy atom.